The molecule has 19 heavy (non-hydrogen) atoms. The molecule has 5 nitrogen and oxygen atoms in total. The molecule has 5 heteroatoms. The van der Waals surface area contributed by atoms with Crippen LogP contribution in [0.2, 0.25) is 0 Å². The first-order chi connectivity index (χ1) is 9.01. The monoisotopic (exact) mass is 265 g/mol. The third-order valence-electron chi connectivity index (χ3n) is 3.46. The van der Waals surface area contributed by atoms with Crippen molar-refractivity contribution in [1.29, 1.82) is 0 Å². The summed E-state index contributed by atoms with van der Waals surface area (Å²) in [6.07, 6.45) is 2.05. The number of hydrogen-bond donors (Lipinski definition) is 2. The lowest BCUT2D eigenvalue weighted by atomic mass is 9.91. The quantitative estimate of drug-likeness (QED) is 0.820. The summed E-state index contributed by atoms with van der Waals surface area (Å²) in [5, 5.41) is 12.7. The Labute approximate surface area is 112 Å². The number of hydrogen-bond acceptors (Lipinski definition) is 4. The van der Waals surface area contributed by atoms with Gasteiger partial charge in [-0.25, -0.2) is 4.79 Å². The maximum absolute atomic E-state index is 11.6. The largest absolute Gasteiger partial charge is 0.493 e. The van der Waals surface area contributed by atoms with Crippen LogP contribution in [0.1, 0.15) is 25.3 Å². The van der Waals surface area contributed by atoms with Crippen molar-refractivity contribution in [3.8, 4) is 11.5 Å². The van der Waals surface area contributed by atoms with Gasteiger partial charge in [-0.3, -0.25) is 5.32 Å². The summed E-state index contributed by atoms with van der Waals surface area (Å²) in [5.74, 6) is 0.224. The summed E-state index contributed by atoms with van der Waals surface area (Å²) in [6.45, 7) is 1.68. The minimum atomic E-state index is -1.11. The van der Waals surface area contributed by atoms with Crippen molar-refractivity contribution in [2.75, 3.05) is 14.2 Å². The molecule has 2 N–H and O–H groups in total. The molecule has 1 aromatic rings. The van der Waals surface area contributed by atoms with Crippen molar-refractivity contribution in [1.82, 2.24) is 5.32 Å². The minimum Gasteiger partial charge on any atom is -0.493 e. The average molecular weight is 265 g/mol. The van der Waals surface area contributed by atoms with E-state index in [4.69, 9.17) is 9.47 Å². The second-order valence-electron chi connectivity index (χ2n) is 4.92. The summed E-state index contributed by atoms with van der Waals surface area (Å²) in [4.78, 5) is 11.6. The summed E-state index contributed by atoms with van der Waals surface area (Å²) >= 11 is 0. The van der Waals surface area contributed by atoms with Crippen LogP contribution in [0.15, 0.2) is 18.2 Å². The Morgan fingerprint density at radius 1 is 1.32 bits per heavy atom. The van der Waals surface area contributed by atoms with Crippen molar-refractivity contribution in [3.05, 3.63) is 23.8 Å². The fraction of sp³-hybridized carbons (Fsp3) is 0.500. The molecule has 1 atom stereocenters. The van der Waals surface area contributed by atoms with Crippen molar-refractivity contribution in [2.45, 2.75) is 31.3 Å². The third-order valence-corrected chi connectivity index (χ3v) is 3.46. The molecule has 1 aliphatic rings. The first-order valence-corrected chi connectivity index (χ1v) is 6.25. The van der Waals surface area contributed by atoms with Gasteiger partial charge >= 0.3 is 5.97 Å². The van der Waals surface area contributed by atoms with Gasteiger partial charge in [0.1, 0.15) is 5.54 Å². The Balaban J connectivity index is 2.38. The maximum atomic E-state index is 11.6. The molecule has 0 aromatic heterocycles. The molecular weight excluding hydrogens is 246 g/mol. The van der Waals surface area contributed by atoms with Gasteiger partial charge in [-0.1, -0.05) is 6.07 Å². The van der Waals surface area contributed by atoms with Gasteiger partial charge in [0.25, 0.3) is 0 Å². The highest BCUT2D eigenvalue weighted by molar-refractivity contribution is 5.80. The predicted molar refractivity (Wildman–Crippen MR) is 70.7 cm³/mol. The number of benzene rings is 1. The van der Waals surface area contributed by atoms with Crippen molar-refractivity contribution < 1.29 is 19.4 Å². The molecule has 0 saturated heterocycles. The molecular formula is C14H19NO4. The Bertz CT molecular complexity index is 484. The number of carboxylic acid groups (broad SMARTS) is 1. The standard InChI is InChI=1S/C14H19NO4/c1-14(13(16)17,15-10-5-6-10)9-4-7-11(18-2)12(8-9)19-3/h4,7-8,10,15H,5-6H2,1-3H3,(H,16,17). The molecule has 104 valence electrons. The van der Waals surface area contributed by atoms with E-state index < -0.39 is 11.5 Å². The fourth-order valence-corrected chi connectivity index (χ4v) is 2.05. The van der Waals surface area contributed by atoms with E-state index in [0.29, 0.717) is 17.1 Å². The van der Waals surface area contributed by atoms with Crippen LogP contribution in [-0.2, 0) is 10.3 Å². The van der Waals surface area contributed by atoms with E-state index in [-0.39, 0.29) is 6.04 Å². The lowest BCUT2D eigenvalue weighted by molar-refractivity contribution is -0.144. The zero-order valence-corrected chi connectivity index (χ0v) is 11.4. The number of carbonyl (C=O) groups is 1. The second-order valence-corrected chi connectivity index (χ2v) is 4.92. The predicted octanol–water partition coefficient (Wildman–Crippen LogP) is 1.76. The van der Waals surface area contributed by atoms with Crippen molar-refractivity contribution >= 4 is 5.97 Å². The Kier molecular flexibility index (Phi) is 3.66. The molecule has 1 aliphatic carbocycles. The van der Waals surface area contributed by atoms with E-state index in [1.165, 1.54) is 7.11 Å². The smallest absolute Gasteiger partial charge is 0.328 e. The highest BCUT2D eigenvalue weighted by atomic mass is 16.5. The lowest BCUT2D eigenvalue weighted by Gasteiger charge is -2.27. The normalized spacial score (nSPS) is 17.6. The highest BCUT2D eigenvalue weighted by Gasteiger charge is 2.40. The topological polar surface area (TPSA) is 67.8 Å². The van der Waals surface area contributed by atoms with Gasteiger partial charge in [-0.15, -0.1) is 0 Å². The first-order valence-electron chi connectivity index (χ1n) is 6.25. The van der Waals surface area contributed by atoms with Crippen molar-refractivity contribution in [2.24, 2.45) is 0 Å². The van der Waals surface area contributed by atoms with Gasteiger partial charge in [0, 0.05) is 6.04 Å². The second kappa shape index (κ2) is 5.09. The average Bonchev–Trinajstić information content (AvgIpc) is 3.21. The minimum absolute atomic E-state index is 0.286. The van der Waals surface area contributed by atoms with Crippen LogP contribution in [0.4, 0.5) is 0 Å². The van der Waals surface area contributed by atoms with Gasteiger partial charge < -0.3 is 14.6 Å². The first kappa shape index (κ1) is 13.7. The van der Waals surface area contributed by atoms with E-state index in [2.05, 4.69) is 5.32 Å². The fourth-order valence-electron chi connectivity index (χ4n) is 2.05. The summed E-state index contributed by atoms with van der Waals surface area (Å²) in [6, 6.07) is 5.48. The number of aliphatic carboxylic acids is 1. The zero-order valence-electron chi connectivity index (χ0n) is 11.4. The van der Waals surface area contributed by atoms with Crippen LogP contribution in [0.5, 0.6) is 11.5 Å². The molecule has 0 radical (unpaired) electrons. The molecule has 0 bridgehead atoms. The molecule has 2 rings (SSSR count). The number of carboxylic acids is 1. The van der Waals surface area contributed by atoms with E-state index in [1.54, 1.807) is 32.2 Å². The zero-order chi connectivity index (χ0) is 14.0. The van der Waals surface area contributed by atoms with Crippen LogP contribution in [-0.4, -0.2) is 31.3 Å². The Morgan fingerprint density at radius 3 is 2.42 bits per heavy atom. The summed E-state index contributed by atoms with van der Waals surface area (Å²) < 4.78 is 10.4. The molecule has 1 saturated carbocycles. The number of nitrogens with one attached hydrogen (secondary N) is 1. The Hall–Kier alpha value is -1.75. The van der Waals surface area contributed by atoms with Crippen LogP contribution in [0.25, 0.3) is 0 Å². The van der Waals surface area contributed by atoms with Gasteiger partial charge in [-0.05, 0) is 37.5 Å². The van der Waals surface area contributed by atoms with Crippen LogP contribution in [0, 0.1) is 0 Å². The van der Waals surface area contributed by atoms with Gasteiger partial charge in [0.15, 0.2) is 11.5 Å². The molecule has 0 heterocycles. The lowest BCUT2D eigenvalue weighted by Crippen LogP contribution is -2.47. The number of ether oxygens (including phenoxy) is 2. The van der Waals surface area contributed by atoms with E-state index in [0.717, 1.165) is 12.8 Å². The third kappa shape index (κ3) is 2.66. The van der Waals surface area contributed by atoms with Crippen LogP contribution >= 0.6 is 0 Å². The van der Waals surface area contributed by atoms with Gasteiger partial charge in [0.05, 0.1) is 14.2 Å². The van der Waals surface area contributed by atoms with E-state index in [1.807, 2.05) is 0 Å². The number of rotatable bonds is 6. The molecule has 0 amide bonds. The molecule has 0 aliphatic heterocycles. The maximum Gasteiger partial charge on any atom is 0.328 e. The highest BCUT2D eigenvalue weighted by Crippen LogP contribution is 2.34. The summed E-state index contributed by atoms with van der Waals surface area (Å²) in [5.41, 5.74) is -0.453. The van der Waals surface area contributed by atoms with Crippen LogP contribution in [0.3, 0.4) is 0 Å². The summed E-state index contributed by atoms with van der Waals surface area (Å²) in [7, 11) is 3.09. The molecule has 0 spiro atoms. The number of methoxy groups -OCH3 is 2. The molecule has 1 aromatic carbocycles. The SMILES string of the molecule is COc1ccc(C(C)(NC2CC2)C(=O)O)cc1OC. The van der Waals surface area contributed by atoms with Gasteiger partial charge in [-0.2, -0.15) is 0 Å². The Morgan fingerprint density at radius 2 is 1.95 bits per heavy atom. The van der Waals surface area contributed by atoms with E-state index >= 15 is 0 Å². The van der Waals surface area contributed by atoms with Crippen LogP contribution < -0.4 is 14.8 Å². The molecule has 1 unspecified atom stereocenters. The van der Waals surface area contributed by atoms with E-state index in [9.17, 15) is 9.90 Å². The van der Waals surface area contributed by atoms with Gasteiger partial charge in [0.2, 0.25) is 0 Å². The van der Waals surface area contributed by atoms with Crippen molar-refractivity contribution in [3.63, 3.8) is 0 Å². The molecule has 1 fully saturated rings.